The van der Waals surface area contributed by atoms with Crippen LogP contribution in [-0.2, 0) is 4.79 Å². The second-order valence-corrected chi connectivity index (χ2v) is 4.17. The van der Waals surface area contributed by atoms with Crippen LogP contribution in [0.15, 0.2) is 24.3 Å². The van der Waals surface area contributed by atoms with E-state index in [1.165, 1.54) is 0 Å². The van der Waals surface area contributed by atoms with Crippen LogP contribution < -0.4 is 10.1 Å². The summed E-state index contributed by atoms with van der Waals surface area (Å²) in [7, 11) is 0. The molecule has 0 aromatic heterocycles. The molecule has 1 aliphatic heterocycles. The van der Waals surface area contributed by atoms with Crippen LogP contribution in [0, 0.1) is 0 Å². The first-order chi connectivity index (χ1) is 7.65. The molecular weight excluding hydrogens is 230 g/mol. The molecule has 0 spiro atoms. The summed E-state index contributed by atoms with van der Waals surface area (Å²) in [6.45, 7) is 0.545. The zero-order chi connectivity index (χ0) is 11.5. The number of hydrogen-bond donors (Lipinski definition) is 2. The maximum Gasteiger partial charge on any atom is 0.320 e. The average molecular weight is 242 g/mol. The Labute approximate surface area is 98.2 Å². The lowest BCUT2D eigenvalue weighted by Gasteiger charge is -2.12. The van der Waals surface area contributed by atoms with Crippen molar-refractivity contribution in [3.05, 3.63) is 29.3 Å². The Morgan fingerprint density at radius 2 is 2.38 bits per heavy atom. The van der Waals surface area contributed by atoms with E-state index >= 15 is 0 Å². The number of carboxylic acid groups (broad SMARTS) is 1. The Morgan fingerprint density at radius 3 is 3.00 bits per heavy atom. The molecule has 0 bridgehead atoms. The fraction of sp³-hybridized carbons (Fsp3) is 0.364. The van der Waals surface area contributed by atoms with Crippen LogP contribution in [0.2, 0.25) is 5.02 Å². The van der Waals surface area contributed by atoms with Crippen LogP contribution in [0.5, 0.6) is 5.75 Å². The Bertz CT molecular complexity index is 397. The molecule has 16 heavy (non-hydrogen) atoms. The summed E-state index contributed by atoms with van der Waals surface area (Å²) in [5.41, 5.74) is 0. The van der Waals surface area contributed by atoms with E-state index < -0.39 is 12.0 Å². The summed E-state index contributed by atoms with van der Waals surface area (Å²) in [5, 5.41) is 12.3. The van der Waals surface area contributed by atoms with Crippen molar-refractivity contribution in [1.29, 1.82) is 0 Å². The zero-order valence-corrected chi connectivity index (χ0v) is 9.28. The summed E-state index contributed by atoms with van der Waals surface area (Å²) in [4.78, 5) is 10.7. The fourth-order valence-corrected chi connectivity index (χ4v) is 1.89. The van der Waals surface area contributed by atoms with E-state index in [-0.39, 0.29) is 6.10 Å². The number of nitrogens with one attached hydrogen (secondary N) is 1. The molecule has 0 radical (unpaired) electrons. The van der Waals surface area contributed by atoms with Gasteiger partial charge >= 0.3 is 5.97 Å². The molecular formula is C11H12ClNO3. The number of carbonyl (C=O) groups is 1. The highest BCUT2D eigenvalue weighted by Crippen LogP contribution is 2.21. The minimum atomic E-state index is -0.836. The van der Waals surface area contributed by atoms with Crippen LogP contribution in [0.25, 0.3) is 0 Å². The van der Waals surface area contributed by atoms with Crippen molar-refractivity contribution in [3.8, 4) is 5.75 Å². The van der Waals surface area contributed by atoms with Crippen molar-refractivity contribution >= 4 is 17.6 Å². The van der Waals surface area contributed by atoms with Crippen LogP contribution in [0.4, 0.5) is 0 Å². The van der Waals surface area contributed by atoms with Crippen molar-refractivity contribution < 1.29 is 14.6 Å². The van der Waals surface area contributed by atoms with Gasteiger partial charge in [0.25, 0.3) is 0 Å². The summed E-state index contributed by atoms with van der Waals surface area (Å²) < 4.78 is 5.63. The van der Waals surface area contributed by atoms with Crippen LogP contribution in [-0.4, -0.2) is 29.8 Å². The Morgan fingerprint density at radius 1 is 1.56 bits per heavy atom. The van der Waals surface area contributed by atoms with Crippen molar-refractivity contribution in [1.82, 2.24) is 5.32 Å². The minimum Gasteiger partial charge on any atom is -0.489 e. The van der Waals surface area contributed by atoms with E-state index in [0.29, 0.717) is 23.7 Å². The molecule has 0 unspecified atom stereocenters. The van der Waals surface area contributed by atoms with E-state index in [4.69, 9.17) is 21.4 Å². The fourth-order valence-electron chi connectivity index (χ4n) is 1.71. The highest BCUT2D eigenvalue weighted by molar-refractivity contribution is 6.30. The van der Waals surface area contributed by atoms with E-state index in [1.54, 1.807) is 24.3 Å². The van der Waals surface area contributed by atoms with Gasteiger partial charge in [0.2, 0.25) is 0 Å². The number of carboxylic acids is 1. The van der Waals surface area contributed by atoms with Crippen LogP contribution >= 0.6 is 11.6 Å². The first-order valence-electron chi connectivity index (χ1n) is 5.03. The molecule has 0 amide bonds. The number of aliphatic carboxylic acids is 1. The van der Waals surface area contributed by atoms with Gasteiger partial charge in [-0.1, -0.05) is 17.7 Å². The summed E-state index contributed by atoms with van der Waals surface area (Å²) in [5.74, 6) is -0.164. The molecule has 0 saturated carbocycles. The van der Waals surface area contributed by atoms with Crippen molar-refractivity contribution in [2.45, 2.75) is 18.6 Å². The van der Waals surface area contributed by atoms with Crippen molar-refractivity contribution in [2.24, 2.45) is 0 Å². The molecule has 1 aromatic rings. The SMILES string of the molecule is O=C(O)[C@H]1C[C@@H](Oc2cccc(Cl)c2)CN1. The monoisotopic (exact) mass is 241 g/mol. The average Bonchev–Trinajstić information content (AvgIpc) is 2.66. The van der Waals surface area contributed by atoms with E-state index in [9.17, 15) is 4.79 Å². The van der Waals surface area contributed by atoms with Crippen molar-refractivity contribution in [3.63, 3.8) is 0 Å². The summed E-state index contributed by atoms with van der Waals surface area (Å²) in [6.07, 6.45) is 0.363. The molecule has 0 aliphatic carbocycles. The molecule has 1 aromatic carbocycles. The van der Waals surface area contributed by atoms with Crippen molar-refractivity contribution in [2.75, 3.05) is 6.54 Å². The van der Waals surface area contributed by atoms with E-state index in [1.807, 2.05) is 0 Å². The lowest BCUT2D eigenvalue weighted by molar-refractivity contribution is -0.139. The van der Waals surface area contributed by atoms with E-state index in [2.05, 4.69) is 5.32 Å². The van der Waals surface area contributed by atoms with Gasteiger partial charge in [-0.3, -0.25) is 4.79 Å². The number of ether oxygens (including phenoxy) is 1. The topological polar surface area (TPSA) is 58.6 Å². The lowest BCUT2D eigenvalue weighted by atomic mass is 10.2. The molecule has 5 heteroatoms. The van der Waals surface area contributed by atoms with Gasteiger partial charge < -0.3 is 15.2 Å². The van der Waals surface area contributed by atoms with Gasteiger partial charge in [-0.05, 0) is 18.2 Å². The molecule has 1 heterocycles. The zero-order valence-electron chi connectivity index (χ0n) is 8.52. The molecule has 1 aliphatic rings. The van der Waals surface area contributed by atoms with Crippen LogP contribution in [0.1, 0.15) is 6.42 Å². The maximum atomic E-state index is 10.7. The Balaban J connectivity index is 1.94. The third-order valence-electron chi connectivity index (χ3n) is 2.49. The second kappa shape index (κ2) is 4.72. The second-order valence-electron chi connectivity index (χ2n) is 3.73. The minimum absolute atomic E-state index is 0.112. The predicted molar refractivity (Wildman–Crippen MR) is 59.9 cm³/mol. The standard InChI is InChI=1S/C11H12ClNO3/c12-7-2-1-3-8(4-7)16-9-5-10(11(14)15)13-6-9/h1-4,9-10,13H,5-6H2,(H,14,15)/t9-,10-/m1/s1. The summed E-state index contributed by atoms with van der Waals surface area (Å²) in [6, 6.07) is 6.58. The maximum absolute atomic E-state index is 10.7. The van der Waals surface area contributed by atoms with Gasteiger partial charge in [-0.2, -0.15) is 0 Å². The normalized spacial score (nSPS) is 24.3. The Hall–Kier alpha value is -1.26. The predicted octanol–water partition coefficient (Wildman–Crippen LogP) is 1.53. The number of halogens is 1. The largest absolute Gasteiger partial charge is 0.489 e. The van der Waals surface area contributed by atoms with E-state index in [0.717, 1.165) is 0 Å². The molecule has 86 valence electrons. The highest BCUT2D eigenvalue weighted by atomic mass is 35.5. The molecule has 4 nitrogen and oxygen atoms in total. The number of rotatable bonds is 3. The molecule has 2 N–H and O–H groups in total. The quantitative estimate of drug-likeness (QED) is 0.843. The van der Waals surface area contributed by atoms with Gasteiger partial charge in [0, 0.05) is 18.0 Å². The first kappa shape index (κ1) is 11.2. The first-order valence-corrected chi connectivity index (χ1v) is 5.41. The smallest absolute Gasteiger partial charge is 0.320 e. The molecule has 2 rings (SSSR count). The third-order valence-corrected chi connectivity index (χ3v) is 2.72. The van der Waals surface area contributed by atoms with Gasteiger partial charge in [0.05, 0.1) is 0 Å². The third kappa shape index (κ3) is 2.65. The molecule has 2 atom stereocenters. The highest BCUT2D eigenvalue weighted by Gasteiger charge is 2.30. The van der Waals surface area contributed by atoms with Crippen LogP contribution in [0.3, 0.4) is 0 Å². The molecule has 1 saturated heterocycles. The van der Waals surface area contributed by atoms with Gasteiger partial charge in [-0.25, -0.2) is 0 Å². The van der Waals surface area contributed by atoms with Gasteiger partial charge in [-0.15, -0.1) is 0 Å². The number of benzene rings is 1. The Kier molecular flexibility index (Phi) is 3.31. The number of hydrogen-bond acceptors (Lipinski definition) is 3. The summed E-state index contributed by atoms with van der Waals surface area (Å²) >= 11 is 5.82. The molecule has 1 fully saturated rings. The van der Waals surface area contributed by atoms with Gasteiger partial charge in [0.1, 0.15) is 17.9 Å². The lowest BCUT2D eigenvalue weighted by Crippen LogP contribution is -2.30. The van der Waals surface area contributed by atoms with Gasteiger partial charge in [0.15, 0.2) is 0 Å².